The Balaban J connectivity index is 1.51. The van der Waals surface area contributed by atoms with Gasteiger partial charge in [-0.05, 0) is 57.0 Å². The molecule has 0 atom stereocenters. The van der Waals surface area contributed by atoms with E-state index in [2.05, 4.69) is 10.3 Å². The van der Waals surface area contributed by atoms with E-state index >= 15 is 0 Å². The minimum atomic E-state index is -0.482. The molecule has 0 fully saturated rings. The van der Waals surface area contributed by atoms with Gasteiger partial charge in [-0.3, -0.25) is 0 Å². The minimum Gasteiger partial charge on any atom is -0.444 e. The van der Waals surface area contributed by atoms with E-state index < -0.39 is 11.7 Å². The zero-order chi connectivity index (χ0) is 18.6. The van der Waals surface area contributed by atoms with E-state index in [-0.39, 0.29) is 0 Å². The first-order valence-electron chi connectivity index (χ1n) is 8.48. The molecule has 2 aromatic carbocycles. The Bertz CT molecular complexity index is 849. The number of thiazole rings is 1. The van der Waals surface area contributed by atoms with Gasteiger partial charge < -0.3 is 14.8 Å². The second-order valence-corrected chi connectivity index (χ2v) is 7.87. The number of aromatic nitrogens is 1. The topological polar surface area (TPSA) is 60.5 Å². The fourth-order valence-electron chi connectivity index (χ4n) is 2.34. The van der Waals surface area contributed by atoms with Gasteiger partial charge in [-0.1, -0.05) is 35.6 Å². The molecule has 1 N–H and O–H groups in total. The van der Waals surface area contributed by atoms with Crippen molar-refractivity contribution in [1.82, 2.24) is 10.3 Å². The van der Waals surface area contributed by atoms with Crippen LogP contribution in [0.4, 0.5) is 4.79 Å². The Hall–Kier alpha value is -2.60. The van der Waals surface area contributed by atoms with Crippen molar-refractivity contribution in [3.63, 3.8) is 0 Å². The van der Waals surface area contributed by atoms with Gasteiger partial charge >= 0.3 is 6.09 Å². The third kappa shape index (κ3) is 5.20. The minimum absolute atomic E-state index is 0.395. The maximum absolute atomic E-state index is 11.6. The maximum Gasteiger partial charge on any atom is 0.407 e. The molecule has 1 aromatic heterocycles. The molecule has 0 aliphatic rings. The molecular weight excluding hydrogens is 348 g/mol. The SMILES string of the molecule is CC(C)(C)OC(=O)NCCc1ccc(Oc2nc3ccccc3s2)cc1. The predicted octanol–water partition coefficient (Wildman–Crippen LogP) is 5.16. The smallest absolute Gasteiger partial charge is 0.407 e. The second kappa shape index (κ2) is 7.74. The lowest BCUT2D eigenvalue weighted by molar-refractivity contribution is 0.0528. The van der Waals surface area contributed by atoms with E-state index in [1.807, 2.05) is 69.3 Å². The first kappa shape index (κ1) is 18.2. The Morgan fingerprint density at radius 3 is 2.54 bits per heavy atom. The number of carbonyl (C=O) groups is 1. The van der Waals surface area contributed by atoms with Gasteiger partial charge in [0.15, 0.2) is 0 Å². The first-order valence-corrected chi connectivity index (χ1v) is 9.30. The first-order chi connectivity index (χ1) is 12.4. The van der Waals surface area contributed by atoms with Crippen molar-refractivity contribution in [3.05, 3.63) is 54.1 Å². The number of carbonyl (C=O) groups excluding carboxylic acids is 1. The van der Waals surface area contributed by atoms with Gasteiger partial charge in [0.2, 0.25) is 0 Å². The normalized spacial score (nSPS) is 11.3. The lowest BCUT2D eigenvalue weighted by Gasteiger charge is -2.19. The molecule has 136 valence electrons. The van der Waals surface area contributed by atoms with E-state index in [0.29, 0.717) is 11.7 Å². The summed E-state index contributed by atoms with van der Waals surface area (Å²) < 4.78 is 12.1. The molecule has 0 radical (unpaired) electrons. The van der Waals surface area contributed by atoms with Crippen LogP contribution in [0, 0.1) is 0 Å². The summed E-state index contributed by atoms with van der Waals surface area (Å²) in [5.41, 5.74) is 1.57. The largest absolute Gasteiger partial charge is 0.444 e. The summed E-state index contributed by atoms with van der Waals surface area (Å²) in [5.74, 6) is 0.743. The van der Waals surface area contributed by atoms with Crippen LogP contribution in [0.15, 0.2) is 48.5 Å². The summed E-state index contributed by atoms with van der Waals surface area (Å²) in [6, 6.07) is 15.7. The number of alkyl carbamates (subject to hydrolysis) is 1. The molecule has 0 spiro atoms. The third-order valence-corrected chi connectivity index (χ3v) is 4.40. The Kier molecular flexibility index (Phi) is 5.42. The molecule has 0 aliphatic carbocycles. The summed E-state index contributed by atoms with van der Waals surface area (Å²) in [7, 11) is 0. The van der Waals surface area contributed by atoms with Crippen molar-refractivity contribution in [2.75, 3.05) is 6.54 Å². The lowest BCUT2D eigenvalue weighted by atomic mass is 10.1. The standard InChI is InChI=1S/C20H22N2O3S/c1-20(2,3)25-18(23)21-13-12-14-8-10-15(11-9-14)24-19-22-16-6-4-5-7-17(16)26-19/h4-11H,12-13H2,1-3H3,(H,21,23). The lowest BCUT2D eigenvalue weighted by Crippen LogP contribution is -2.33. The number of benzene rings is 2. The molecule has 26 heavy (non-hydrogen) atoms. The summed E-state index contributed by atoms with van der Waals surface area (Å²) in [6.07, 6.45) is 0.328. The van der Waals surface area contributed by atoms with Gasteiger partial charge in [0, 0.05) is 6.54 Å². The summed E-state index contributed by atoms with van der Waals surface area (Å²) >= 11 is 1.52. The van der Waals surface area contributed by atoms with Gasteiger partial charge in [0.25, 0.3) is 5.19 Å². The van der Waals surface area contributed by atoms with Crippen molar-refractivity contribution in [1.29, 1.82) is 0 Å². The summed E-state index contributed by atoms with van der Waals surface area (Å²) in [5, 5.41) is 3.39. The number of amides is 1. The van der Waals surface area contributed by atoms with Crippen LogP contribution < -0.4 is 10.1 Å². The van der Waals surface area contributed by atoms with Crippen LogP contribution in [0.2, 0.25) is 0 Å². The number of hydrogen-bond donors (Lipinski definition) is 1. The van der Waals surface area contributed by atoms with Crippen LogP contribution in [-0.2, 0) is 11.2 Å². The Morgan fingerprint density at radius 1 is 1.12 bits per heavy atom. The van der Waals surface area contributed by atoms with Gasteiger partial charge in [0.05, 0.1) is 10.2 Å². The fourth-order valence-corrected chi connectivity index (χ4v) is 3.18. The van der Waals surface area contributed by atoms with Crippen molar-refractivity contribution in [3.8, 4) is 10.9 Å². The fraction of sp³-hybridized carbons (Fsp3) is 0.300. The third-order valence-electron chi connectivity index (χ3n) is 3.48. The maximum atomic E-state index is 11.6. The van der Waals surface area contributed by atoms with Crippen LogP contribution in [0.1, 0.15) is 26.3 Å². The predicted molar refractivity (Wildman–Crippen MR) is 104 cm³/mol. The number of ether oxygens (including phenoxy) is 2. The number of fused-ring (bicyclic) bond motifs is 1. The second-order valence-electron chi connectivity index (χ2n) is 6.87. The average molecular weight is 370 g/mol. The van der Waals surface area contributed by atoms with Crippen LogP contribution in [0.5, 0.6) is 10.9 Å². The summed E-state index contributed by atoms with van der Waals surface area (Å²) in [6.45, 7) is 6.05. The molecule has 0 saturated carbocycles. The molecule has 1 heterocycles. The summed E-state index contributed by atoms with van der Waals surface area (Å²) in [4.78, 5) is 16.1. The number of hydrogen-bond acceptors (Lipinski definition) is 5. The molecule has 5 nitrogen and oxygen atoms in total. The highest BCUT2D eigenvalue weighted by Crippen LogP contribution is 2.31. The molecule has 3 rings (SSSR count). The highest BCUT2D eigenvalue weighted by atomic mass is 32.1. The zero-order valence-corrected chi connectivity index (χ0v) is 15.9. The Morgan fingerprint density at radius 2 is 1.85 bits per heavy atom. The van der Waals surface area contributed by atoms with Crippen molar-refractivity contribution in [2.45, 2.75) is 32.8 Å². The van der Waals surface area contributed by atoms with E-state index in [1.165, 1.54) is 11.3 Å². The van der Waals surface area contributed by atoms with Crippen LogP contribution in [0.3, 0.4) is 0 Å². The van der Waals surface area contributed by atoms with E-state index in [0.717, 1.165) is 28.0 Å². The number of nitrogens with one attached hydrogen (secondary N) is 1. The number of rotatable bonds is 5. The number of para-hydroxylation sites is 1. The van der Waals surface area contributed by atoms with E-state index in [1.54, 1.807) is 0 Å². The molecule has 0 aliphatic heterocycles. The zero-order valence-electron chi connectivity index (χ0n) is 15.1. The number of nitrogens with zero attached hydrogens (tertiary/aromatic N) is 1. The molecular formula is C20H22N2O3S. The Labute approximate surface area is 157 Å². The van der Waals surface area contributed by atoms with Crippen molar-refractivity contribution < 1.29 is 14.3 Å². The van der Waals surface area contributed by atoms with Crippen molar-refractivity contribution in [2.24, 2.45) is 0 Å². The van der Waals surface area contributed by atoms with Crippen LogP contribution >= 0.6 is 11.3 Å². The highest BCUT2D eigenvalue weighted by Gasteiger charge is 2.15. The molecule has 3 aromatic rings. The molecule has 0 unspecified atom stereocenters. The molecule has 0 saturated heterocycles. The van der Waals surface area contributed by atoms with Gasteiger partial charge in [-0.15, -0.1) is 0 Å². The molecule has 6 heteroatoms. The van der Waals surface area contributed by atoms with Gasteiger partial charge in [-0.2, -0.15) is 0 Å². The average Bonchev–Trinajstić information content (AvgIpc) is 2.97. The molecule has 0 bridgehead atoms. The monoisotopic (exact) mass is 370 g/mol. The van der Waals surface area contributed by atoms with Crippen molar-refractivity contribution >= 4 is 27.6 Å². The van der Waals surface area contributed by atoms with E-state index in [4.69, 9.17) is 9.47 Å². The molecule has 1 amide bonds. The quantitative estimate of drug-likeness (QED) is 0.674. The van der Waals surface area contributed by atoms with E-state index in [9.17, 15) is 4.79 Å². The van der Waals surface area contributed by atoms with Crippen LogP contribution in [-0.4, -0.2) is 23.2 Å². The van der Waals surface area contributed by atoms with Gasteiger partial charge in [0.1, 0.15) is 11.4 Å². The highest BCUT2D eigenvalue weighted by molar-refractivity contribution is 7.20. The van der Waals surface area contributed by atoms with Crippen LogP contribution in [0.25, 0.3) is 10.2 Å². The van der Waals surface area contributed by atoms with Gasteiger partial charge in [-0.25, -0.2) is 9.78 Å².